The third-order valence-electron chi connectivity index (χ3n) is 4.46. The van der Waals surface area contributed by atoms with E-state index < -0.39 is 0 Å². The summed E-state index contributed by atoms with van der Waals surface area (Å²) in [5, 5.41) is 5.06. The third-order valence-corrected chi connectivity index (χ3v) is 4.46. The number of fused-ring (bicyclic) bond motifs is 1. The van der Waals surface area contributed by atoms with Crippen molar-refractivity contribution in [3.8, 4) is 11.3 Å². The fraction of sp³-hybridized carbons (Fsp3) is 0. The summed E-state index contributed by atoms with van der Waals surface area (Å²) >= 11 is 0. The molecule has 0 amide bonds. The highest BCUT2D eigenvalue weighted by Crippen LogP contribution is 2.37. The fourth-order valence-electron chi connectivity index (χ4n) is 3.45. The van der Waals surface area contributed by atoms with E-state index in [0.717, 1.165) is 5.69 Å². The molecule has 1 aliphatic carbocycles. The normalized spacial score (nSPS) is 12.4. The second-order valence-electron chi connectivity index (χ2n) is 5.69. The molecule has 22 heavy (non-hydrogen) atoms. The summed E-state index contributed by atoms with van der Waals surface area (Å²) < 4.78 is 0. The first-order valence-corrected chi connectivity index (χ1v) is 7.50. The molecule has 0 spiro atoms. The quantitative estimate of drug-likeness (QED) is 0.392. The van der Waals surface area contributed by atoms with Crippen LogP contribution in [-0.4, -0.2) is 4.98 Å². The largest absolute Gasteiger partial charge is 0.255 e. The first-order valence-electron chi connectivity index (χ1n) is 7.50. The van der Waals surface area contributed by atoms with E-state index >= 15 is 0 Å². The molecule has 3 aromatic carbocycles. The molecule has 1 heteroatoms. The van der Waals surface area contributed by atoms with Gasteiger partial charge in [0.1, 0.15) is 0 Å². The van der Waals surface area contributed by atoms with E-state index in [4.69, 9.17) is 4.98 Å². The van der Waals surface area contributed by atoms with Crippen molar-refractivity contribution in [1.82, 2.24) is 4.98 Å². The van der Waals surface area contributed by atoms with Crippen LogP contribution in [-0.2, 0) is 0 Å². The lowest BCUT2D eigenvalue weighted by Crippen LogP contribution is -1.90. The second-order valence-corrected chi connectivity index (χ2v) is 5.69. The molecular weight excluding hydrogens is 266 g/mol. The maximum absolute atomic E-state index is 4.78. The van der Waals surface area contributed by atoms with E-state index in [2.05, 4.69) is 72.8 Å². The van der Waals surface area contributed by atoms with Crippen molar-refractivity contribution in [3.63, 3.8) is 0 Å². The number of hydrogen-bond donors (Lipinski definition) is 0. The Labute approximate surface area is 128 Å². The zero-order chi connectivity index (χ0) is 14.5. The highest BCUT2D eigenvalue weighted by molar-refractivity contribution is 6.11. The molecule has 1 nitrogen and oxygen atoms in total. The third kappa shape index (κ3) is 1.51. The van der Waals surface area contributed by atoms with E-state index in [-0.39, 0.29) is 0 Å². The number of pyridine rings is 1. The van der Waals surface area contributed by atoms with Gasteiger partial charge in [-0.25, -0.2) is 0 Å². The van der Waals surface area contributed by atoms with Gasteiger partial charge in [0.15, 0.2) is 0 Å². The molecule has 0 N–H and O–H groups in total. The molecule has 1 aliphatic rings. The SMILES string of the molecule is C1=Cc2cnc(-c3cccc4ccccc34)c3cccc1c23. The van der Waals surface area contributed by atoms with Gasteiger partial charge in [-0.2, -0.15) is 0 Å². The zero-order valence-corrected chi connectivity index (χ0v) is 12.0. The van der Waals surface area contributed by atoms with Crippen molar-refractivity contribution in [1.29, 1.82) is 0 Å². The van der Waals surface area contributed by atoms with E-state index in [1.807, 2.05) is 6.20 Å². The van der Waals surface area contributed by atoms with Gasteiger partial charge in [0, 0.05) is 22.7 Å². The monoisotopic (exact) mass is 279 g/mol. The predicted molar refractivity (Wildman–Crippen MR) is 93.6 cm³/mol. The number of nitrogens with zero attached hydrogens (tertiary/aromatic N) is 1. The molecule has 4 aromatic rings. The standard InChI is InChI=1S/C21H13N/c1-2-8-17-14(5-1)6-3-9-18(17)21-19-10-4-7-15-11-12-16(13-22-21)20(15)19/h1-13H. The van der Waals surface area contributed by atoms with Crippen LogP contribution in [0.4, 0.5) is 0 Å². The first-order chi connectivity index (χ1) is 10.9. The molecule has 0 radical (unpaired) electrons. The average molecular weight is 279 g/mol. The van der Waals surface area contributed by atoms with Crippen LogP contribution in [0.1, 0.15) is 11.1 Å². The van der Waals surface area contributed by atoms with Crippen LogP contribution in [0.2, 0.25) is 0 Å². The van der Waals surface area contributed by atoms with Crippen molar-refractivity contribution >= 4 is 33.7 Å². The van der Waals surface area contributed by atoms with Crippen molar-refractivity contribution < 1.29 is 0 Å². The Morgan fingerprint density at radius 2 is 1.41 bits per heavy atom. The van der Waals surface area contributed by atoms with E-state index in [0.29, 0.717) is 0 Å². The summed E-state index contributed by atoms with van der Waals surface area (Å²) in [5.41, 5.74) is 4.78. The molecule has 1 aromatic heterocycles. The minimum Gasteiger partial charge on any atom is -0.255 e. The minimum absolute atomic E-state index is 1.07. The van der Waals surface area contributed by atoms with Crippen LogP contribution in [0.15, 0.2) is 66.9 Å². The van der Waals surface area contributed by atoms with Gasteiger partial charge < -0.3 is 0 Å². The Morgan fingerprint density at radius 1 is 0.636 bits per heavy atom. The number of benzene rings is 3. The predicted octanol–water partition coefficient (Wildman–Crippen LogP) is 5.54. The fourth-order valence-corrected chi connectivity index (χ4v) is 3.45. The van der Waals surface area contributed by atoms with Gasteiger partial charge in [0.05, 0.1) is 5.69 Å². The summed E-state index contributed by atoms with van der Waals surface area (Å²) in [4.78, 5) is 4.78. The summed E-state index contributed by atoms with van der Waals surface area (Å²) in [7, 11) is 0. The Bertz CT molecular complexity index is 1060. The molecular formula is C21H13N. The Kier molecular flexibility index (Phi) is 2.28. The van der Waals surface area contributed by atoms with Gasteiger partial charge in [0.25, 0.3) is 0 Å². The second kappa shape index (κ2) is 4.28. The van der Waals surface area contributed by atoms with Crippen LogP contribution < -0.4 is 0 Å². The highest BCUT2D eigenvalue weighted by Gasteiger charge is 2.15. The molecule has 0 fully saturated rings. The van der Waals surface area contributed by atoms with Gasteiger partial charge in [-0.3, -0.25) is 4.98 Å². The lowest BCUT2D eigenvalue weighted by molar-refractivity contribution is 1.36. The van der Waals surface area contributed by atoms with Gasteiger partial charge in [0.2, 0.25) is 0 Å². The highest BCUT2D eigenvalue weighted by atomic mass is 14.7. The van der Waals surface area contributed by atoms with Crippen LogP contribution in [0.25, 0.3) is 45.0 Å². The summed E-state index contributed by atoms with van der Waals surface area (Å²) in [6.45, 7) is 0. The van der Waals surface area contributed by atoms with E-state index in [1.165, 1.54) is 38.2 Å². The van der Waals surface area contributed by atoms with Crippen LogP contribution in [0, 0.1) is 0 Å². The number of rotatable bonds is 1. The van der Waals surface area contributed by atoms with Crippen molar-refractivity contribution in [3.05, 3.63) is 78.0 Å². The van der Waals surface area contributed by atoms with Crippen LogP contribution >= 0.6 is 0 Å². The van der Waals surface area contributed by atoms with E-state index in [9.17, 15) is 0 Å². The Morgan fingerprint density at radius 3 is 2.41 bits per heavy atom. The average Bonchev–Trinajstić information content (AvgIpc) is 3.00. The Balaban J connectivity index is 1.92. The number of aromatic nitrogens is 1. The molecule has 0 aliphatic heterocycles. The zero-order valence-electron chi connectivity index (χ0n) is 12.0. The van der Waals surface area contributed by atoms with Crippen molar-refractivity contribution in [2.45, 2.75) is 0 Å². The molecule has 5 rings (SSSR count). The maximum atomic E-state index is 4.78. The molecule has 0 unspecified atom stereocenters. The number of hydrogen-bond acceptors (Lipinski definition) is 1. The smallest absolute Gasteiger partial charge is 0.0787 e. The molecule has 0 bridgehead atoms. The van der Waals surface area contributed by atoms with Crippen molar-refractivity contribution in [2.24, 2.45) is 0 Å². The van der Waals surface area contributed by atoms with Gasteiger partial charge in [-0.05, 0) is 21.7 Å². The van der Waals surface area contributed by atoms with Crippen molar-refractivity contribution in [2.75, 3.05) is 0 Å². The molecule has 0 saturated heterocycles. The molecule has 1 heterocycles. The summed E-state index contributed by atoms with van der Waals surface area (Å²) in [5.74, 6) is 0. The first kappa shape index (κ1) is 11.7. The Hall–Kier alpha value is -2.93. The molecule has 102 valence electrons. The van der Waals surface area contributed by atoms with E-state index in [1.54, 1.807) is 0 Å². The lowest BCUT2D eigenvalue weighted by atomic mass is 9.96. The topological polar surface area (TPSA) is 12.9 Å². The summed E-state index contributed by atoms with van der Waals surface area (Å²) in [6.07, 6.45) is 6.32. The van der Waals surface area contributed by atoms with Gasteiger partial charge in [-0.15, -0.1) is 0 Å². The van der Waals surface area contributed by atoms with Gasteiger partial charge in [-0.1, -0.05) is 72.8 Å². The van der Waals surface area contributed by atoms with Crippen LogP contribution in [0.3, 0.4) is 0 Å². The van der Waals surface area contributed by atoms with Crippen LogP contribution in [0.5, 0.6) is 0 Å². The lowest BCUT2D eigenvalue weighted by Gasteiger charge is -2.10. The summed E-state index contributed by atoms with van der Waals surface area (Å²) in [6, 6.07) is 21.4. The maximum Gasteiger partial charge on any atom is 0.0787 e. The molecule has 0 saturated carbocycles. The minimum atomic E-state index is 1.07. The molecule has 0 atom stereocenters. The van der Waals surface area contributed by atoms with Gasteiger partial charge >= 0.3 is 0 Å².